The molecule has 1 aliphatic rings. The highest BCUT2D eigenvalue weighted by atomic mass is 16.5. The van der Waals surface area contributed by atoms with Crippen molar-refractivity contribution in [1.29, 1.82) is 0 Å². The molecule has 0 unspecified atom stereocenters. The molecule has 0 atom stereocenters. The molecule has 1 aromatic carbocycles. The molecule has 1 fully saturated rings. The minimum absolute atomic E-state index is 0.0485. The van der Waals surface area contributed by atoms with Crippen LogP contribution in [0.25, 0.3) is 0 Å². The second kappa shape index (κ2) is 4.43. The maximum absolute atomic E-state index is 11.6. The maximum atomic E-state index is 11.6. The Hall–Kier alpha value is -1.71. The molecule has 4 nitrogen and oxygen atoms in total. The summed E-state index contributed by atoms with van der Waals surface area (Å²) in [6.07, 6.45) is 2.38. The number of rotatable bonds is 4. The Kier molecular flexibility index (Phi) is 2.99. The average molecular weight is 221 g/mol. The number of aromatic hydroxyl groups is 1. The highest BCUT2D eigenvalue weighted by Gasteiger charge is 2.23. The fourth-order valence-electron chi connectivity index (χ4n) is 1.49. The van der Waals surface area contributed by atoms with E-state index in [2.05, 4.69) is 5.32 Å². The molecule has 2 N–H and O–H groups in total. The summed E-state index contributed by atoms with van der Waals surface area (Å²) >= 11 is 0. The quantitative estimate of drug-likeness (QED) is 0.810. The lowest BCUT2D eigenvalue weighted by atomic mass is 10.1. The summed E-state index contributed by atoms with van der Waals surface area (Å²) in [6, 6.07) is 4.85. The van der Waals surface area contributed by atoms with Crippen LogP contribution >= 0.6 is 0 Å². The molecular formula is C12H15NO3. The fraction of sp³-hybridized carbons (Fsp3) is 0.417. The van der Waals surface area contributed by atoms with Crippen molar-refractivity contribution >= 4 is 5.91 Å². The molecule has 0 bridgehead atoms. The number of phenolic OH excluding ortho intramolecular Hbond substituents is 1. The molecule has 0 radical (unpaired) electrons. The standard InChI is InChI=1S/C12H15NO3/c1-13-12(15)11-9(14)3-2-4-10(11)16-7-8-5-6-8/h2-4,8,14H,5-7H2,1H3,(H,13,15). The van der Waals surface area contributed by atoms with Gasteiger partial charge in [0, 0.05) is 7.05 Å². The first-order chi connectivity index (χ1) is 7.72. The van der Waals surface area contributed by atoms with E-state index in [4.69, 9.17) is 4.74 Å². The lowest BCUT2D eigenvalue weighted by Gasteiger charge is -2.11. The summed E-state index contributed by atoms with van der Waals surface area (Å²) in [4.78, 5) is 11.6. The molecule has 0 saturated heterocycles. The number of ether oxygens (including phenoxy) is 1. The molecule has 1 aromatic rings. The van der Waals surface area contributed by atoms with Crippen LogP contribution in [-0.4, -0.2) is 24.7 Å². The smallest absolute Gasteiger partial charge is 0.258 e. The SMILES string of the molecule is CNC(=O)c1c(O)cccc1OCC1CC1. The zero-order chi connectivity index (χ0) is 11.5. The van der Waals surface area contributed by atoms with Crippen LogP contribution in [0.3, 0.4) is 0 Å². The summed E-state index contributed by atoms with van der Waals surface area (Å²) in [5, 5.41) is 12.1. The number of nitrogens with one attached hydrogen (secondary N) is 1. The van der Waals surface area contributed by atoms with Crippen molar-refractivity contribution in [1.82, 2.24) is 5.32 Å². The van der Waals surface area contributed by atoms with Gasteiger partial charge in [-0.05, 0) is 30.9 Å². The first-order valence-corrected chi connectivity index (χ1v) is 5.39. The van der Waals surface area contributed by atoms with Crippen LogP contribution in [0.4, 0.5) is 0 Å². The molecule has 1 amide bonds. The molecule has 0 heterocycles. The van der Waals surface area contributed by atoms with Gasteiger partial charge in [-0.25, -0.2) is 0 Å². The Morgan fingerprint density at radius 1 is 1.56 bits per heavy atom. The van der Waals surface area contributed by atoms with Gasteiger partial charge in [0.15, 0.2) is 0 Å². The number of carbonyl (C=O) groups is 1. The largest absolute Gasteiger partial charge is 0.507 e. The molecule has 1 aliphatic carbocycles. The normalized spacial score (nSPS) is 14.6. The number of benzene rings is 1. The minimum Gasteiger partial charge on any atom is -0.507 e. The summed E-state index contributed by atoms with van der Waals surface area (Å²) in [7, 11) is 1.53. The van der Waals surface area contributed by atoms with E-state index < -0.39 is 0 Å². The molecule has 86 valence electrons. The first-order valence-electron chi connectivity index (χ1n) is 5.39. The van der Waals surface area contributed by atoms with Crippen molar-refractivity contribution in [3.63, 3.8) is 0 Å². The van der Waals surface area contributed by atoms with E-state index in [1.54, 1.807) is 12.1 Å². The van der Waals surface area contributed by atoms with E-state index in [-0.39, 0.29) is 17.2 Å². The molecule has 1 saturated carbocycles. The Labute approximate surface area is 94.2 Å². The molecule has 4 heteroatoms. The third-order valence-corrected chi connectivity index (χ3v) is 2.63. The highest BCUT2D eigenvalue weighted by Crippen LogP contribution is 2.32. The second-order valence-corrected chi connectivity index (χ2v) is 3.98. The van der Waals surface area contributed by atoms with Crippen LogP contribution in [-0.2, 0) is 0 Å². The Balaban J connectivity index is 2.20. The van der Waals surface area contributed by atoms with Crippen molar-refractivity contribution in [2.75, 3.05) is 13.7 Å². The lowest BCUT2D eigenvalue weighted by Crippen LogP contribution is -2.19. The van der Waals surface area contributed by atoms with Gasteiger partial charge < -0.3 is 15.2 Å². The van der Waals surface area contributed by atoms with Crippen molar-refractivity contribution in [3.8, 4) is 11.5 Å². The Morgan fingerprint density at radius 2 is 2.31 bits per heavy atom. The van der Waals surface area contributed by atoms with Gasteiger partial charge in [0.2, 0.25) is 0 Å². The van der Waals surface area contributed by atoms with Gasteiger partial charge in [-0.1, -0.05) is 6.07 Å². The predicted molar refractivity (Wildman–Crippen MR) is 59.7 cm³/mol. The van der Waals surface area contributed by atoms with Gasteiger partial charge in [0.05, 0.1) is 6.61 Å². The van der Waals surface area contributed by atoms with Crippen LogP contribution in [0.1, 0.15) is 23.2 Å². The Bertz CT molecular complexity index is 399. The number of phenols is 1. The van der Waals surface area contributed by atoms with Crippen LogP contribution in [0.5, 0.6) is 11.5 Å². The van der Waals surface area contributed by atoms with Gasteiger partial charge in [0.1, 0.15) is 17.1 Å². The Morgan fingerprint density at radius 3 is 2.94 bits per heavy atom. The predicted octanol–water partition coefficient (Wildman–Crippen LogP) is 1.54. The number of hydrogen-bond donors (Lipinski definition) is 2. The van der Waals surface area contributed by atoms with Crippen LogP contribution in [0.2, 0.25) is 0 Å². The minimum atomic E-state index is -0.330. The summed E-state index contributed by atoms with van der Waals surface area (Å²) in [5.41, 5.74) is 0.214. The molecule has 0 aliphatic heterocycles. The van der Waals surface area contributed by atoms with E-state index in [0.717, 1.165) is 0 Å². The van der Waals surface area contributed by atoms with Crippen molar-refractivity contribution in [3.05, 3.63) is 23.8 Å². The van der Waals surface area contributed by atoms with E-state index in [1.165, 1.54) is 26.0 Å². The molecule has 2 rings (SSSR count). The monoisotopic (exact) mass is 221 g/mol. The van der Waals surface area contributed by atoms with E-state index >= 15 is 0 Å². The number of carbonyl (C=O) groups excluding carboxylic acids is 1. The van der Waals surface area contributed by atoms with E-state index in [0.29, 0.717) is 18.3 Å². The van der Waals surface area contributed by atoms with Gasteiger partial charge in [-0.3, -0.25) is 4.79 Å². The number of amides is 1. The first kappa shape index (κ1) is 10.8. The van der Waals surface area contributed by atoms with Crippen molar-refractivity contribution < 1.29 is 14.6 Å². The van der Waals surface area contributed by atoms with Gasteiger partial charge >= 0.3 is 0 Å². The zero-order valence-corrected chi connectivity index (χ0v) is 9.19. The average Bonchev–Trinajstić information content (AvgIpc) is 3.09. The summed E-state index contributed by atoms with van der Waals surface area (Å²) in [5.74, 6) is 0.683. The van der Waals surface area contributed by atoms with Crippen molar-refractivity contribution in [2.24, 2.45) is 5.92 Å². The van der Waals surface area contributed by atoms with Crippen LogP contribution in [0.15, 0.2) is 18.2 Å². The zero-order valence-electron chi connectivity index (χ0n) is 9.19. The fourth-order valence-corrected chi connectivity index (χ4v) is 1.49. The van der Waals surface area contributed by atoms with E-state index in [9.17, 15) is 9.90 Å². The van der Waals surface area contributed by atoms with Gasteiger partial charge in [-0.2, -0.15) is 0 Å². The van der Waals surface area contributed by atoms with Crippen LogP contribution < -0.4 is 10.1 Å². The maximum Gasteiger partial charge on any atom is 0.258 e. The second-order valence-electron chi connectivity index (χ2n) is 3.98. The molecule has 16 heavy (non-hydrogen) atoms. The van der Waals surface area contributed by atoms with Crippen LogP contribution in [0, 0.1) is 5.92 Å². The molecule has 0 spiro atoms. The third-order valence-electron chi connectivity index (χ3n) is 2.63. The van der Waals surface area contributed by atoms with Crippen molar-refractivity contribution in [2.45, 2.75) is 12.8 Å². The summed E-state index contributed by atoms with van der Waals surface area (Å²) < 4.78 is 5.54. The topological polar surface area (TPSA) is 58.6 Å². The van der Waals surface area contributed by atoms with Gasteiger partial charge in [0.25, 0.3) is 5.91 Å². The third kappa shape index (κ3) is 2.27. The van der Waals surface area contributed by atoms with E-state index in [1.807, 2.05) is 0 Å². The number of hydrogen-bond acceptors (Lipinski definition) is 3. The molecule has 0 aromatic heterocycles. The van der Waals surface area contributed by atoms with Gasteiger partial charge in [-0.15, -0.1) is 0 Å². The molecular weight excluding hydrogens is 206 g/mol. The lowest BCUT2D eigenvalue weighted by molar-refractivity contribution is 0.0956. The summed E-state index contributed by atoms with van der Waals surface area (Å²) in [6.45, 7) is 0.618. The highest BCUT2D eigenvalue weighted by molar-refractivity contribution is 5.99.